The molecule has 1 saturated heterocycles. The molecule has 32 heavy (non-hydrogen) atoms. The minimum Gasteiger partial charge on any atom is -0.481 e. The summed E-state index contributed by atoms with van der Waals surface area (Å²) in [5.41, 5.74) is 2.19. The number of ether oxygens (including phenoxy) is 3. The number of imide groups is 1. The highest BCUT2D eigenvalue weighted by Gasteiger charge is 2.41. The van der Waals surface area contributed by atoms with Gasteiger partial charge in [0.1, 0.15) is 5.82 Å². The number of aryl methyl sites for hydroxylation is 1. The van der Waals surface area contributed by atoms with Crippen molar-refractivity contribution in [3.8, 4) is 5.88 Å². The van der Waals surface area contributed by atoms with Gasteiger partial charge in [0.25, 0.3) is 11.8 Å². The van der Waals surface area contributed by atoms with Gasteiger partial charge in [0, 0.05) is 18.1 Å². The summed E-state index contributed by atoms with van der Waals surface area (Å²) in [6, 6.07) is 9.61. The van der Waals surface area contributed by atoms with E-state index in [1.54, 1.807) is 36.4 Å². The third-order valence-corrected chi connectivity index (χ3v) is 5.72. The van der Waals surface area contributed by atoms with Crippen LogP contribution in [0.5, 0.6) is 5.88 Å². The summed E-state index contributed by atoms with van der Waals surface area (Å²) in [5, 5.41) is 0. The first-order chi connectivity index (χ1) is 15.6. The van der Waals surface area contributed by atoms with Gasteiger partial charge in [0.15, 0.2) is 6.29 Å². The van der Waals surface area contributed by atoms with E-state index in [0.717, 1.165) is 0 Å². The molecule has 5 rings (SSSR count). The molecule has 0 aliphatic carbocycles. The lowest BCUT2D eigenvalue weighted by molar-refractivity contribution is -0.199. The highest BCUT2D eigenvalue weighted by atomic mass is 19.1. The smallest absolute Gasteiger partial charge is 0.261 e. The highest BCUT2D eigenvalue weighted by Crippen LogP contribution is 2.28. The summed E-state index contributed by atoms with van der Waals surface area (Å²) < 4.78 is 31.2. The van der Waals surface area contributed by atoms with Crippen LogP contribution in [0.1, 0.15) is 32.7 Å². The SMILES string of the molecule is COc1ccc2ncc(F)c(CCC3OCC(N4C(=O)c5ccccc5C4=O)CO3)c2n1. The molecule has 1 aromatic carbocycles. The van der Waals surface area contributed by atoms with Gasteiger partial charge in [-0.25, -0.2) is 9.37 Å². The Morgan fingerprint density at radius 3 is 2.44 bits per heavy atom. The van der Waals surface area contributed by atoms with Crippen molar-refractivity contribution in [1.29, 1.82) is 0 Å². The maximum atomic E-state index is 14.5. The van der Waals surface area contributed by atoms with Gasteiger partial charge in [-0.15, -0.1) is 0 Å². The third kappa shape index (κ3) is 3.49. The zero-order chi connectivity index (χ0) is 22.2. The maximum absolute atomic E-state index is 14.5. The molecule has 0 spiro atoms. The van der Waals surface area contributed by atoms with E-state index in [1.165, 1.54) is 18.2 Å². The van der Waals surface area contributed by atoms with Crippen molar-refractivity contribution in [2.45, 2.75) is 25.2 Å². The normalized spacial score (nSPS) is 20.6. The molecule has 0 saturated carbocycles. The molecule has 9 heteroatoms. The number of nitrogens with zero attached hydrogens (tertiary/aromatic N) is 3. The van der Waals surface area contributed by atoms with Gasteiger partial charge < -0.3 is 14.2 Å². The van der Waals surface area contributed by atoms with Gasteiger partial charge in [-0.1, -0.05) is 12.1 Å². The number of hydrogen-bond donors (Lipinski definition) is 0. The largest absolute Gasteiger partial charge is 0.481 e. The Kier molecular flexibility index (Phi) is 5.28. The second-order valence-corrected chi connectivity index (χ2v) is 7.62. The van der Waals surface area contributed by atoms with E-state index >= 15 is 0 Å². The minimum absolute atomic E-state index is 0.155. The molecule has 4 heterocycles. The van der Waals surface area contributed by atoms with E-state index in [4.69, 9.17) is 14.2 Å². The Labute approximate surface area is 182 Å². The third-order valence-electron chi connectivity index (χ3n) is 5.72. The van der Waals surface area contributed by atoms with Crippen molar-refractivity contribution in [3.63, 3.8) is 0 Å². The number of methoxy groups -OCH3 is 1. The van der Waals surface area contributed by atoms with Crippen LogP contribution in [0, 0.1) is 5.82 Å². The standard InChI is InChI=1S/C23H20FN3O5/c1-30-19-8-7-18-21(26-19)16(17(24)10-25-18)6-9-20-31-11-13(12-32-20)27-22(28)14-4-2-3-5-15(14)23(27)29/h2-5,7-8,10,13,20H,6,9,11-12H2,1H3. The summed E-state index contributed by atoms with van der Waals surface area (Å²) >= 11 is 0. The zero-order valence-corrected chi connectivity index (χ0v) is 17.3. The molecular weight excluding hydrogens is 417 g/mol. The molecule has 2 aromatic heterocycles. The molecule has 2 aliphatic heterocycles. The summed E-state index contributed by atoms with van der Waals surface area (Å²) in [6.45, 7) is 0.309. The van der Waals surface area contributed by atoms with Crippen LogP contribution in [0.2, 0.25) is 0 Å². The number of amides is 2. The van der Waals surface area contributed by atoms with Crippen molar-refractivity contribution >= 4 is 22.8 Å². The first kappa shape index (κ1) is 20.5. The van der Waals surface area contributed by atoms with Crippen LogP contribution in [-0.2, 0) is 15.9 Å². The topological polar surface area (TPSA) is 90.9 Å². The number of pyridine rings is 2. The van der Waals surface area contributed by atoms with E-state index in [0.29, 0.717) is 46.4 Å². The van der Waals surface area contributed by atoms with Crippen LogP contribution in [0.3, 0.4) is 0 Å². The van der Waals surface area contributed by atoms with Crippen molar-refractivity contribution in [2.75, 3.05) is 20.3 Å². The van der Waals surface area contributed by atoms with Crippen molar-refractivity contribution in [3.05, 3.63) is 65.1 Å². The van der Waals surface area contributed by atoms with E-state index in [9.17, 15) is 14.0 Å². The van der Waals surface area contributed by atoms with Gasteiger partial charge >= 0.3 is 0 Å². The molecule has 164 valence electrons. The van der Waals surface area contributed by atoms with Crippen molar-refractivity contribution < 1.29 is 28.2 Å². The lowest BCUT2D eigenvalue weighted by Gasteiger charge is -2.33. The Hall–Kier alpha value is -3.43. The number of carbonyl (C=O) groups is 2. The zero-order valence-electron chi connectivity index (χ0n) is 17.3. The quantitative estimate of drug-likeness (QED) is 0.567. The Bertz CT molecular complexity index is 1170. The Morgan fingerprint density at radius 2 is 1.78 bits per heavy atom. The molecule has 2 aliphatic rings. The molecule has 0 N–H and O–H groups in total. The van der Waals surface area contributed by atoms with Crippen LogP contribution in [-0.4, -0.2) is 59.3 Å². The summed E-state index contributed by atoms with van der Waals surface area (Å²) in [4.78, 5) is 34.9. The number of hydrogen-bond acceptors (Lipinski definition) is 7. The fourth-order valence-electron chi connectivity index (χ4n) is 4.08. The maximum Gasteiger partial charge on any atom is 0.261 e. The van der Waals surface area contributed by atoms with Crippen molar-refractivity contribution in [1.82, 2.24) is 14.9 Å². The van der Waals surface area contributed by atoms with Gasteiger partial charge in [-0.3, -0.25) is 19.5 Å². The highest BCUT2D eigenvalue weighted by molar-refractivity contribution is 6.21. The lowest BCUT2D eigenvalue weighted by atomic mass is 10.1. The van der Waals surface area contributed by atoms with Crippen LogP contribution < -0.4 is 4.74 Å². The minimum atomic E-state index is -0.588. The monoisotopic (exact) mass is 437 g/mol. The molecule has 0 atom stereocenters. The molecule has 1 fully saturated rings. The first-order valence-corrected chi connectivity index (χ1v) is 10.2. The Morgan fingerprint density at radius 1 is 1.09 bits per heavy atom. The second-order valence-electron chi connectivity index (χ2n) is 7.62. The van der Waals surface area contributed by atoms with Crippen LogP contribution in [0.25, 0.3) is 11.0 Å². The van der Waals surface area contributed by atoms with Crippen LogP contribution >= 0.6 is 0 Å². The number of rotatable bonds is 5. The number of halogens is 1. The predicted molar refractivity (Wildman–Crippen MR) is 111 cm³/mol. The number of benzene rings is 1. The number of carbonyl (C=O) groups excluding carboxylic acids is 2. The fourth-order valence-corrected chi connectivity index (χ4v) is 4.08. The van der Waals surface area contributed by atoms with E-state index in [1.807, 2.05) is 0 Å². The summed E-state index contributed by atoms with van der Waals surface area (Å²) in [5.74, 6) is -0.767. The first-order valence-electron chi connectivity index (χ1n) is 10.2. The summed E-state index contributed by atoms with van der Waals surface area (Å²) in [7, 11) is 1.50. The predicted octanol–water partition coefficient (Wildman–Crippen LogP) is 2.75. The van der Waals surface area contributed by atoms with Gasteiger partial charge in [0.05, 0.1) is 54.7 Å². The molecule has 0 unspecified atom stereocenters. The second kappa shape index (κ2) is 8.25. The Balaban J connectivity index is 1.25. The molecule has 2 amide bonds. The van der Waals surface area contributed by atoms with Gasteiger partial charge in [0.2, 0.25) is 5.88 Å². The average Bonchev–Trinajstić information content (AvgIpc) is 3.08. The number of aromatic nitrogens is 2. The van der Waals surface area contributed by atoms with E-state index in [2.05, 4.69) is 9.97 Å². The number of fused-ring (bicyclic) bond motifs is 2. The van der Waals surface area contributed by atoms with E-state index in [-0.39, 0.29) is 25.0 Å². The van der Waals surface area contributed by atoms with Crippen LogP contribution in [0.4, 0.5) is 4.39 Å². The van der Waals surface area contributed by atoms with Crippen molar-refractivity contribution in [2.24, 2.45) is 0 Å². The van der Waals surface area contributed by atoms with Gasteiger partial charge in [-0.2, -0.15) is 0 Å². The molecule has 3 aromatic rings. The molecule has 0 bridgehead atoms. The molecular formula is C23H20FN3O5. The average molecular weight is 437 g/mol. The fraction of sp³-hybridized carbons (Fsp3) is 0.304. The molecule has 0 radical (unpaired) electrons. The molecule has 8 nitrogen and oxygen atoms in total. The van der Waals surface area contributed by atoms with E-state index < -0.39 is 18.1 Å². The lowest BCUT2D eigenvalue weighted by Crippen LogP contribution is -2.49. The van der Waals surface area contributed by atoms with Crippen LogP contribution in [0.15, 0.2) is 42.6 Å². The van der Waals surface area contributed by atoms with Gasteiger partial charge in [-0.05, 0) is 24.6 Å². The summed E-state index contributed by atoms with van der Waals surface area (Å²) in [6.07, 6.45) is 1.28.